The van der Waals surface area contributed by atoms with E-state index in [1.807, 2.05) is 12.1 Å². The van der Waals surface area contributed by atoms with Gasteiger partial charge in [-0.05, 0) is 0 Å². The molecule has 1 rings (SSSR count). The average molecular weight is 244 g/mol. The van der Waals surface area contributed by atoms with E-state index >= 15 is 0 Å². The molecule has 0 N–H and O–H groups in total. The summed E-state index contributed by atoms with van der Waals surface area (Å²) in [5, 5.41) is 1.51. The first kappa shape index (κ1) is 15.5. The predicted molar refractivity (Wildman–Crippen MR) is 59.3 cm³/mol. The van der Waals surface area contributed by atoms with Crippen LogP contribution >= 0.6 is 0 Å². The Morgan fingerprint density at radius 1 is 1.08 bits per heavy atom. The first-order valence-electron chi connectivity index (χ1n) is 4.28. The molecule has 0 fully saturated rings. The molecule has 2 heteroatoms. The summed E-state index contributed by atoms with van der Waals surface area (Å²) in [5.74, 6) is 0. The third kappa shape index (κ3) is 6.17. The van der Waals surface area contributed by atoms with Crippen LogP contribution in [-0.4, -0.2) is 8.07 Å². The molecule has 0 saturated heterocycles. The molecule has 13 heavy (non-hydrogen) atoms. The fourth-order valence-corrected chi connectivity index (χ4v) is 2.05. The Morgan fingerprint density at radius 2 is 1.46 bits per heavy atom. The maximum absolute atomic E-state index is 3.25. The Morgan fingerprint density at radius 3 is 1.69 bits per heavy atom. The van der Waals surface area contributed by atoms with Crippen LogP contribution in [0.2, 0.25) is 19.6 Å². The monoisotopic (exact) mass is 242 g/mol. The molecule has 1 aromatic carbocycles. The molecule has 0 amide bonds. The number of hydrogen-bond donors (Lipinski definition) is 0. The minimum atomic E-state index is -1.05. The van der Waals surface area contributed by atoms with Crippen LogP contribution in [0.5, 0.6) is 0 Å². The zero-order chi connectivity index (χ0) is 9.61. The largest absolute Gasteiger partial charge is 2.00 e. The first-order chi connectivity index (χ1) is 5.61. The van der Waals surface area contributed by atoms with E-state index in [2.05, 4.69) is 44.8 Å². The summed E-state index contributed by atoms with van der Waals surface area (Å²) in [4.78, 5) is 0. The summed E-state index contributed by atoms with van der Waals surface area (Å²) in [6.07, 6.45) is 0. The van der Waals surface area contributed by atoms with Crippen LogP contribution < -0.4 is 5.19 Å². The Hall–Kier alpha value is 0.0603. The van der Waals surface area contributed by atoms with E-state index in [4.69, 9.17) is 0 Å². The molecule has 1 aromatic rings. The van der Waals surface area contributed by atoms with E-state index in [1.54, 1.807) is 6.92 Å². The molecule has 0 aliphatic carbocycles. The van der Waals surface area contributed by atoms with Crippen molar-refractivity contribution < 1.29 is 19.5 Å². The second-order valence-corrected chi connectivity index (χ2v) is 8.62. The van der Waals surface area contributed by atoms with Crippen molar-refractivity contribution in [3.05, 3.63) is 37.3 Å². The molecule has 68 valence electrons. The fourth-order valence-electron chi connectivity index (χ4n) is 0.887. The topological polar surface area (TPSA) is 0 Å². The minimum absolute atomic E-state index is 0. The van der Waals surface area contributed by atoms with Crippen molar-refractivity contribution >= 4 is 13.3 Å². The summed E-state index contributed by atoms with van der Waals surface area (Å²) < 4.78 is 0. The van der Waals surface area contributed by atoms with Gasteiger partial charge in [0.2, 0.25) is 0 Å². The van der Waals surface area contributed by atoms with Crippen molar-refractivity contribution in [1.82, 2.24) is 0 Å². The van der Waals surface area contributed by atoms with Crippen molar-refractivity contribution in [3.8, 4) is 0 Å². The SMILES string of the molecule is C[Si](C)(C)c1cc[c-]cc1.[CH2-]C.[Zn+2]. The van der Waals surface area contributed by atoms with Gasteiger partial charge in [-0.25, -0.2) is 0 Å². The quantitative estimate of drug-likeness (QED) is 0.526. The predicted octanol–water partition coefficient (Wildman–Crippen LogP) is 2.87. The second kappa shape index (κ2) is 7.46. The van der Waals surface area contributed by atoms with Gasteiger partial charge in [-0.3, -0.25) is 0 Å². The minimum Gasteiger partial charge on any atom is -0.346 e. The van der Waals surface area contributed by atoms with Gasteiger partial charge in [-0.1, -0.05) is 19.6 Å². The molecule has 0 radical (unpaired) electrons. The first-order valence-corrected chi connectivity index (χ1v) is 7.78. The zero-order valence-electron chi connectivity index (χ0n) is 9.22. The maximum Gasteiger partial charge on any atom is 2.00 e. The molecule has 0 saturated carbocycles. The summed E-state index contributed by atoms with van der Waals surface area (Å²) >= 11 is 0. The van der Waals surface area contributed by atoms with Crippen molar-refractivity contribution in [2.45, 2.75) is 26.6 Å². The maximum atomic E-state index is 3.25. The Bertz CT molecular complexity index is 201. The van der Waals surface area contributed by atoms with E-state index in [0.717, 1.165) is 0 Å². The fraction of sp³-hybridized carbons (Fsp3) is 0.364. The third-order valence-electron chi connectivity index (χ3n) is 1.58. The molecular formula is C11H18SiZn. The van der Waals surface area contributed by atoms with Crippen LogP contribution in [0.3, 0.4) is 0 Å². The van der Waals surface area contributed by atoms with Crippen LogP contribution in [0.4, 0.5) is 0 Å². The number of benzene rings is 1. The summed E-state index contributed by atoms with van der Waals surface area (Å²) in [7, 11) is -1.05. The smallest absolute Gasteiger partial charge is 0.346 e. The van der Waals surface area contributed by atoms with E-state index in [-0.39, 0.29) is 19.5 Å². The molecule has 0 atom stereocenters. The van der Waals surface area contributed by atoms with Gasteiger partial charge in [-0.2, -0.15) is 42.4 Å². The van der Waals surface area contributed by atoms with Crippen LogP contribution in [0.1, 0.15) is 6.92 Å². The molecule has 0 aliphatic rings. The number of hydrogen-bond acceptors (Lipinski definition) is 0. The van der Waals surface area contributed by atoms with Gasteiger partial charge < -0.3 is 6.92 Å². The van der Waals surface area contributed by atoms with Crippen molar-refractivity contribution in [2.75, 3.05) is 0 Å². The molecule has 0 aliphatic heterocycles. The molecule has 0 nitrogen and oxygen atoms in total. The van der Waals surface area contributed by atoms with Gasteiger partial charge in [0, 0.05) is 0 Å². The van der Waals surface area contributed by atoms with Gasteiger partial charge in [0.05, 0.1) is 8.07 Å². The zero-order valence-corrected chi connectivity index (χ0v) is 13.2. The summed E-state index contributed by atoms with van der Waals surface area (Å²) in [6.45, 7) is 12.0. The van der Waals surface area contributed by atoms with Crippen LogP contribution in [0, 0.1) is 13.0 Å². The van der Waals surface area contributed by atoms with Crippen molar-refractivity contribution in [1.29, 1.82) is 0 Å². The van der Waals surface area contributed by atoms with Gasteiger partial charge in [0.25, 0.3) is 0 Å². The molecular weight excluding hydrogens is 226 g/mol. The normalized spacial score (nSPS) is 9.31. The van der Waals surface area contributed by atoms with Gasteiger partial charge in [0.15, 0.2) is 0 Å². The molecule has 0 unspecified atom stereocenters. The van der Waals surface area contributed by atoms with Crippen LogP contribution in [0.25, 0.3) is 0 Å². The van der Waals surface area contributed by atoms with Crippen LogP contribution in [-0.2, 0) is 19.5 Å². The number of rotatable bonds is 1. The van der Waals surface area contributed by atoms with Gasteiger partial charge >= 0.3 is 19.5 Å². The van der Waals surface area contributed by atoms with E-state index in [0.29, 0.717) is 0 Å². The molecule has 0 heterocycles. The Balaban J connectivity index is 0. The second-order valence-electron chi connectivity index (χ2n) is 3.54. The standard InChI is InChI=1S/C9H13Si.C2H5.Zn/c1-10(2,3)9-7-5-4-6-8-9;1-2;/h5-8H,1-3H3;1H2,2H3;/q2*-1;+2. The van der Waals surface area contributed by atoms with E-state index in [1.165, 1.54) is 5.19 Å². The average Bonchev–Trinajstić information content (AvgIpc) is 2.08. The van der Waals surface area contributed by atoms with E-state index in [9.17, 15) is 0 Å². The van der Waals surface area contributed by atoms with Crippen molar-refractivity contribution in [3.63, 3.8) is 0 Å². The van der Waals surface area contributed by atoms with E-state index < -0.39 is 8.07 Å². The van der Waals surface area contributed by atoms with Crippen LogP contribution in [0.15, 0.2) is 24.3 Å². The molecule has 0 spiro atoms. The Labute approximate surface area is 96.5 Å². The van der Waals surface area contributed by atoms with Gasteiger partial charge in [0.1, 0.15) is 0 Å². The van der Waals surface area contributed by atoms with Gasteiger partial charge in [-0.15, -0.1) is 0 Å². The third-order valence-corrected chi connectivity index (χ3v) is 3.65. The van der Waals surface area contributed by atoms with Crippen molar-refractivity contribution in [2.24, 2.45) is 0 Å². The molecule has 0 bridgehead atoms. The Kier molecular flexibility index (Phi) is 8.91. The molecule has 0 aromatic heterocycles. The summed E-state index contributed by atoms with van der Waals surface area (Å²) in [5.41, 5.74) is 0. The summed E-state index contributed by atoms with van der Waals surface area (Å²) in [6, 6.07) is 11.4.